The van der Waals surface area contributed by atoms with E-state index < -0.39 is 0 Å². The smallest absolute Gasteiger partial charge is 0.270 e. The number of anilines is 1. The molecule has 24 heavy (non-hydrogen) atoms. The third-order valence-electron chi connectivity index (χ3n) is 3.27. The van der Waals surface area contributed by atoms with Crippen molar-refractivity contribution in [2.45, 2.75) is 29.7 Å². The van der Waals surface area contributed by atoms with Crippen LogP contribution in [0.3, 0.4) is 0 Å². The van der Waals surface area contributed by atoms with Crippen LogP contribution in [0.4, 0.5) is 5.69 Å². The lowest BCUT2D eigenvalue weighted by atomic mass is 10.1. The Bertz CT molecular complexity index is 835. The van der Waals surface area contributed by atoms with Gasteiger partial charge in [-0.25, -0.2) is 4.68 Å². The topological polar surface area (TPSA) is 70.7 Å². The SMILES string of the molecule is CC(C)c1cc(Sc2c(Cl)cc(NCC#N)cc2Cl)nn(C)c1=O. The van der Waals surface area contributed by atoms with Crippen LogP contribution in [0.15, 0.2) is 32.9 Å². The van der Waals surface area contributed by atoms with Gasteiger partial charge in [0, 0.05) is 18.3 Å². The summed E-state index contributed by atoms with van der Waals surface area (Å²) in [5.41, 5.74) is 1.25. The molecule has 0 amide bonds. The molecule has 2 rings (SSSR count). The van der Waals surface area contributed by atoms with Gasteiger partial charge in [0.05, 0.1) is 21.0 Å². The highest BCUT2D eigenvalue weighted by Gasteiger charge is 2.15. The Morgan fingerprint density at radius 3 is 2.50 bits per heavy atom. The molecule has 0 spiro atoms. The Kier molecular flexibility index (Phi) is 6.16. The molecule has 0 aliphatic carbocycles. The highest BCUT2D eigenvalue weighted by molar-refractivity contribution is 7.99. The Labute approximate surface area is 154 Å². The van der Waals surface area contributed by atoms with Crippen molar-refractivity contribution < 1.29 is 0 Å². The highest BCUT2D eigenvalue weighted by atomic mass is 35.5. The number of nitrogens with zero attached hydrogens (tertiary/aromatic N) is 3. The number of halogens is 2. The minimum atomic E-state index is -0.109. The monoisotopic (exact) mass is 382 g/mol. The molecule has 1 aromatic carbocycles. The van der Waals surface area contributed by atoms with Crippen LogP contribution >= 0.6 is 35.0 Å². The Morgan fingerprint density at radius 2 is 1.96 bits per heavy atom. The third kappa shape index (κ3) is 4.23. The Morgan fingerprint density at radius 1 is 1.33 bits per heavy atom. The predicted octanol–water partition coefficient (Wildman–Crippen LogP) is 4.30. The molecule has 0 fully saturated rings. The van der Waals surface area contributed by atoms with E-state index in [0.29, 0.717) is 31.2 Å². The van der Waals surface area contributed by atoms with Gasteiger partial charge >= 0.3 is 0 Å². The van der Waals surface area contributed by atoms with Gasteiger partial charge in [-0.15, -0.1) is 0 Å². The summed E-state index contributed by atoms with van der Waals surface area (Å²) in [5, 5.41) is 17.3. The molecular weight excluding hydrogens is 367 g/mol. The molecule has 0 bridgehead atoms. The minimum Gasteiger partial charge on any atom is -0.372 e. The summed E-state index contributed by atoms with van der Waals surface area (Å²) in [5.74, 6) is 0.0922. The lowest BCUT2D eigenvalue weighted by Gasteiger charge is -2.12. The first-order chi connectivity index (χ1) is 11.3. The molecule has 1 aromatic heterocycles. The summed E-state index contributed by atoms with van der Waals surface area (Å²) in [7, 11) is 1.62. The fourth-order valence-corrected chi connectivity index (χ4v) is 3.66. The van der Waals surface area contributed by atoms with Gasteiger partial charge in [-0.2, -0.15) is 10.4 Å². The van der Waals surface area contributed by atoms with Crippen molar-refractivity contribution in [1.29, 1.82) is 5.26 Å². The fraction of sp³-hybridized carbons (Fsp3) is 0.312. The van der Waals surface area contributed by atoms with Crippen LogP contribution in [-0.2, 0) is 7.05 Å². The number of hydrogen-bond acceptors (Lipinski definition) is 5. The number of benzene rings is 1. The van der Waals surface area contributed by atoms with Crippen LogP contribution in [-0.4, -0.2) is 16.3 Å². The normalized spacial score (nSPS) is 10.7. The second-order valence-corrected chi connectivity index (χ2v) is 7.25. The lowest BCUT2D eigenvalue weighted by molar-refractivity contribution is 0.642. The first kappa shape index (κ1) is 18.7. The summed E-state index contributed by atoms with van der Waals surface area (Å²) in [4.78, 5) is 12.8. The van der Waals surface area contributed by atoms with E-state index in [4.69, 9.17) is 28.5 Å². The van der Waals surface area contributed by atoms with Crippen molar-refractivity contribution in [3.05, 3.63) is 44.2 Å². The third-order valence-corrected chi connectivity index (χ3v) is 5.14. The average molecular weight is 383 g/mol. The van der Waals surface area contributed by atoms with Gasteiger partial charge in [0.1, 0.15) is 11.6 Å². The average Bonchev–Trinajstić information content (AvgIpc) is 2.51. The van der Waals surface area contributed by atoms with Gasteiger partial charge < -0.3 is 5.32 Å². The van der Waals surface area contributed by atoms with E-state index in [1.54, 1.807) is 25.2 Å². The van der Waals surface area contributed by atoms with E-state index >= 15 is 0 Å². The first-order valence-corrected chi connectivity index (χ1v) is 8.76. The zero-order chi connectivity index (χ0) is 17.9. The predicted molar refractivity (Wildman–Crippen MR) is 98.3 cm³/mol. The number of aryl methyl sites for hydroxylation is 1. The van der Waals surface area contributed by atoms with Crippen LogP contribution in [0, 0.1) is 11.3 Å². The number of nitrogens with one attached hydrogen (secondary N) is 1. The van der Waals surface area contributed by atoms with Crippen LogP contribution in [0.2, 0.25) is 10.0 Å². The van der Waals surface area contributed by atoms with Gasteiger partial charge in [-0.05, 0) is 24.1 Å². The summed E-state index contributed by atoms with van der Waals surface area (Å²) in [6.07, 6.45) is 0. The molecule has 0 radical (unpaired) electrons. The summed E-state index contributed by atoms with van der Waals surface area (Å²) >= 11 is 13.9. The molecule has 1 heterocycles. The van der Waals surface area contributed by atoms with Crippen LogP contribution in [0.1, 0.15) is 25.3 Å². The van der Waals surface area contributed by atoms with Gasteiger partial charge in [-0.1, -0.05) is 48.8 Å². The van der Waals surface area contributed by atoms with E-state index in [9.17, 15) is 4.79 Å². The van der Waals surface area contributed by atoms with Gasteiger partial charge in [0.25, 0.3) is 5.56 Å². The van der Waals surface area contributed by atoms with E-state index in [-0.39, 0.29) is 18.0 Å². The molecule has 5 nitrogen and oxygen atoms in total. The maximum Gasteiger partial charge on any atom is 0.270 e. The van der Waals surface area contributed by atoms with Gasteiger partial charge in [0.15, 0.2) is 0 Å². The van der Waals surface area contributed by atoms with Crippen LogP contribution in [0.25, 0.3) is 0 Å². The Balaban J connectivity index is 2.38. The van der Waals surface area contributed by atoms with E-state index in [0.717, 1.165) is 0 Å². The summed E-state index contributed by atoms with van der Waals surface area (Å²) < 4.78 is 1.32. The van der Waals surface area contributed by atoms with E-state index in [1.165, 1.54) is 16.4 Å². The molecule has 1 N–H and O–H groups in total. The molecule has 0 aliphatic rings. The number of rotatable bonds is 5. The second-order valence-electron chi connectivity index (χ2n) is 5.40. The molecule has 8 heteroatoms. The maximum absolute atomic E-state index is 12.1. The van der Waals surface area contributed by atoms with Crippen molar-refractivity contribution >= 4 is 40.7 Å². The fourth-order valence-electron chi connectivity index (χ4n) is 2.07. The second kappa shape index (κ2) is 7.93. The standard InChI is InChI=1S/C16H16Cl2N4OS/c1-9(2)11-8-14(21-22(3)16(11)23)24-15-12(17)6-10(7-13(15)18)20-5-4-19/h6-9,20H,5H2,1-3H3. The van der Waals surface area contributed by atoms with E-state index in [1.807, 2.05) is 19.9 Å². The van der Waals surface area contributed by atoms with Gasteiger partial charge in [-0.3, -0.25) is 4.79 Å². The van der Waals surface area contributed by atoms with Crippen LogP contribution in [0.5, 0.6) is 0 Å². The summed E-state index contributed by atoms with van der Waals surface area (Å²) in [6.45, 7) is 4.08. The number of aromatic nitrogens is 2. The lowest BCUT2D eigenvalue weighted by Crippen LogP contribution is -2.24. The highest BCUT2D eigenvalue weighted by Crippen LogP contribution is 2.40. The quantitative estimate of drug-likeness (QED) is 0.780. The molecule has 0 atom stereocenters. The molecule has 0 saturated carbocycles. The summed E-state index contributed by atoms with van der Waals surface area (Å²) in [6, 6.07) is 7.18. The number of nitriles is 1. The molecule has 0 saturated heterocycles. The molecule has 2 aromatic rings. The van der Waals surface area contributed by atoms with Crippen molar-refractivity contribution in [3.63, 3.8) is 0 Å². The van der Waals surface area contributed by atoms with Crippen LogP contribution < -0.4 is 10.9 Å². The maximum atomic E-state index is 12.1. The number of hydrogen-bond donors (Lipinski definition) is 1. The minimum absolute atomic E-state index is 0.0922. The Hall–Kier alpha value is -1.68. The molecule has 0 unspecified atom stereocenters. The van der Waals surface area contributed by atoms with Crippen molar-refractivity contribution in [1.82, 2.24) is 9.78 Å². The van der Waals surface area contributed by atoms with E-state index in [2.05, 4.69) is 10.4 Å². The largest absolute Gasteiger partial charge is 0.372 e. The molecule has 0 aliphatic heterocycles. The molecular formula is C16H16Cl2N4OS. The first-order valence-electron chi connectivity index (χ1n) is 7.19. The van der Waals surface area contributed by atoms with Crippen molar-refractivity contribution in [2.24, 2.45) is 7.05 Å². The van der Waals surface area contributed by atoms with Crippen molar-refractivity contribution in [3.8, 4) is 6.07 Å². The van der Waals surface area contributed by atoms with Gasteiger partial charge in [0.2, 0.25) is 0 Å². The van der Waals surface area contributed by atoms with Crippen molar-refractivity contribution in [2.75, 3.05) is 11.9 Å². The zero-order valence-corrected chi connectivity index (χ0v) is 15.8. The zero-order valence-electron chi connectivity index (χ0n) is 13.4. The molecule has 126 valence electrons.